The van der Waals surface area contributed by atoms with Crippen molar-refractivity contribution in [1.29, 1.82) is 0 Å². The Labute approximate surface area is 161 Å². The normalized spacial score (nSPS) is 12.2. The van der Waals surface area contributed by atoms with E-state index in [9.17, 15) is 14.9 Å². The monoisotopic (exact) mass is 407 g/mol. The lowest BCUT2D eigenvalue weighted by Gasteiger charge is -1.98. The lowest BCUT2D eigenvalue weighted by atomic mass is 10.2. The minimum absolute atomic E-state index is 0.0426. The van der Waals surface area contributed by atoms with E-state index in [0.717, 1.165) is 10.2 Å². The number of nitro benzene ring substituents is 1. The number of non-ortho nitro benzene ring substituents is 1. The summed E-state index contributed by atoms with van der Waals surface area (Å²) in [5.74, 6) is -0.485. The number of hydrogen-bond donors (Lipinski definition) is 0. The number of nitro groups is 1. The molecule has 0 atom stereocenters. The van der Waals surface area contributed by atoms with Crippen molar-refractivity contribution in [3.05, 3.63) is 73.0 Å². The number of halogens is 2. The first-order chi connectivity index (χ1) is 12.3. The molecule has 132 valence electrons. The molecule has 0 bridgehead atoms. The molecule has 3 rings (SSSR count). The molecule has 0 unspecified atom stereocenters. The van der Waals surface area contributed by atoms with Crippen molar-refractivity contribution < 1.29 is 9.72 Å². The average Bonchev–Trinajstić information content (AvgIpc) is 2.89. The summed E-state index contributed by atoms with van der Waals surface area (Å²) >= 11 is 13.5. The first-order valence-electron chi connectivity index (χ1n) is 7.31. The van der Waals surface area contributed by atoms with Crippen LogP contribution in [0, 0.1) is 10.1 Å². The van der Waals surface area contributed by atoms with Crippen molar-refractivity contribution in [2.75, 3.05) is 0 Å². The third kappa shape index (κ3) is 3.85. The first-order valence-corrected chi connectivity index (χ1v) is 8.88. The molecule has 0 aliphatic rings. The fraction of sp³-hybridized carbons (Fsp3) is 0.0588. The summed E-state index contributed by atoms with van der Waals surface area (Å²) in [6.07, 6.45) is 2.74. The zero-order valence-corrected chi connectivity index (χ0v) is 15.7. The van der Waals surface area contributed by atoms with Gasteiger partial charge in [0.1, 0.15) is 0 Å². The number of amides is 1. The minimum Gasteiger partial charge on any atom is -0.318 e. The zero-order chi connectivity index (χ0) is 18.8. The molecule has 0 spiro atoms. The van der Waals surface area contributed by atoms with E-state index in [1.54, 1.807) is 35.9 Å². The molecule has 0 radical (unpaired) electrons. The summed E-state index contributed by atoms with van der Waals surface area (Å²) in [7, 11) is 1.76. The number of carbonyl (C=O) groups excluding carboxylic acids is 1. The third-order valence-electron chi connectivity index (χ3n) is 3.52. The fourth-order valence-corrected chi connectivity index (χ4v) is 4.18. The Morgan fingerprint density at radius 2 is 2.08 bits per heavy atom. The van der Waals surface area contributed by atoms with Crippen molar-refractivity contribution >= 4 is 62.4 Å². The number of carbonyl (C=O) groups is 1. The van der Waals surface area contributed by atoms with Crippen LogP contribution in [0.5, 0.6) is 0 Å². The molecule has 2 aromatic carbocycles. The molecule has 6 nitrogen and oxygen atoms in total. The number of benzene rings is 2. The van der Waals surface area contributed by atoms with Crippen LogP contribution in [0.3, 0.4) is 0 Å². The molecule has 0 saturated carbocycles. The van der Waals surface area contributed by atoms with Gasteiger partial charge in [-0.25, -0.2) is 0 Å². The zero-order valence-electron chi connectivity index (χ0n) is 13.3. The van der Waals surface area contributed by atoms with Gasteiger partial charge < -0.3 is 4.57 Å². The molecule has 0 aliphatic carbocycles. The lowest BCUT2D eigenvalue weighted by Crippen LogP contribution is -2.12. The van der Waals surface area contributed by atoms with Crippen LogP contribution < -0.4 is 4.80 Å². The van der Waals surface area contributed by atoms with Gasteiger partial charge in [-0.15, -0.1) is 0 Å². The van der Waals surface area contributed by atoms with E-state index < -0.39 is 10.8 Å². The van der Waals surface area contributed by atoms with Gasteiger partial charge in [0, 0.05) is 30.3 Å². The molecule has 0 saturated heterocycles. The number of thiazole rings is 1. The summed E-state index contributed by atoms with van der Waals surface area (Å²) in [5.41, 5.74) is 1.24. The van der Waals surface area contributed by atoms with Crippen molar-refractivity contribution in [1.82, 2.24) is 4.57 Å². The third-order valence-corrected chi connectivity index (χ3v) is 5.11. The molecule has 3 aromatic rings. The SMILES string of the molecule is Cn1c(=NC(=O)/C=C/c2cccc([N+](=O)[O-])c2)sc2cc(Cl)cc(Cl)c21. The number of rotatable bonds is 3. The van der Waals surface area contributed by atoms with Gasteiger partial charge in [0.25, 0.3) is 11.6 Å². The van der Waals surface area contributed by atoms with Gasteiger partial charge in [-0.3, -0.25) is 14.9 Å². The number of fused-ring (bicyclic) bond motifs is 1. The molecule has 1 heterocycles. The minimum atomic E-state index is -0.490. The Kier molecular flexibility index (Phi) is 5.22. The van der Waals surface area contributed by atoms with Crippen LogP contribution >= 0.6 is 34.5 Å². The second-order valence-corrected chi connectivity index (χ2v) is 7.17. The number of hydrogen-bond acceptors (Lipinski definition) is 4. The van der Waals surface area contributed by atoms with Gasteiger partial charge in [-0.05, 0) is 23.8 Å². The topological polar surface area (TPSA) is 77.5 Å². The van der Waals surface area contributed by atoms with E-state index in [4.69, 9.17) is 23.2 Å². The molecule has 0 fully saturated rings. The van der Waals surface area contributed by atoms with Crippen LogP contribution in [0.15, 0.2) is 47.5 Å². The van der Waals surface area contributed by atoms with E-state index in [1.807, 2.05) is 0 Å². The summed E-state index contributed by atoms with van der Waals surface area (Å²) in [6.45, 7) is 0. The van der Waals surface area contributed by atoms with Crippen LogP contribution in [-0.4, -0.2) is 15.4 Å². The maximum atomic E-state index is 12.1. The van der Waals surface area contributed by atoms with Crippen LogP contribution in [0.4, 0.5) is 5.69 Å². The highest BCUT2D eigenvalue weighted by Crippen LogP contribution is 2.29. The molecule has 1 aromatic heterocycles. The molecule has 0 aliphatic heterocycles. The van der Waals surface area contributed by atoms with Gasteiger partial charge in [-0.2, -0.15) is 4.99 Å². The van der Waals surface area contributed by atoms with E-state index in [1.165, 1.54) is 35.6 Å². The van der Waals surface area contributed by atoms with E-state index >= 15 is 0 Å². The lowest BCUT2D eigenvalue weighted by molar-refractivity contribution is -0.384. The Morgan fingerprint density at radius 3 is 2.81 bits per heavy atom. The summed E-state index contributed by atoms with van der Waals surface area (Å²) in [6, 6.07) is 9.37. The summed E-state index contributed by atoms with van der Waals surface area (Å²) in [4.78, 5) is 27.0. The van der Waals surface area contributed by atoms with Crippen molar-refractivity contribution in [3.63, 3.8) is 0 Å². The smallest absolute Gasteiger partial charge is 0.272 e. The standard InChI is InChI=1S/C17H11Cl2N3O3S/c1-21-16-13(19)8-11(18)9-14(16)26-17(21)20-15(23)6-5-10-3-2-4-12(7-10)22(24)25/h2-9H,1H3/b6-5+,20-17?. The van der Waals surface area contributed by atoms with Crippen LogP contribution in [0.25, 0.3) is 16.3 Å². The number of aryl methyl sites for hydroxylation is 1. The Morgan fingerprint density at radius 1 is 1.31 bits per heavy atom. The van der Waals surface area contributed by atoms with Crippen LogP contribution in [-0.2, 0) is 11.8 Å². The van der Waals surface area contributed by atoms with Crippen LogP contribution in [0.2, 0.25) is 10.0 Å². The largest absolute Gasteiger partial charge is 0.318 e. The summed E-state index contributed by atoms with van der Waals surface area (Å²) in [5, 5.41) is 11.8. The maximum Gasteiger partial charge on any atom is 0.272 e. The van der Waals surface area contributed by atoms with Gasteiger partial charge >= 0.3 is 0 Å². The molecule has 9 heteroatoms. The van der Waals surface area contributed by atoms with Crippen molar-refractivity contribution in [2.45, 2.75) is 0 Å². The molecular weight excluding hydrogens is 397 g/mol. The second-order valence-electron chi connectivity index (χ2n) is 5.31. The highest BCUT2D eigenvalue weighted by Gasteiger charge is 2.09. The van der Waals surface area contributed by atoms with Crippen LogP contribution in [0.1, 0.15) is 5.56 Å². The van der Waals surface area contributed by atoms with Gasteiger partial charge in [0.15, 0.2) is 4.80 Å². The molecule has 1 amide bonds. The Balaban J connectivity index is 1.93. The van der Waals surface area contributed by atoms with E-state index in [-0.39, 0.29) is 5.69 Å². The quantitative estimate of drug-likeness (QED) is 0.361. The van der Waals surface area contributed by atoms with Gasteiger partial charge in [-0.1, -0.05) is 46.7 Å². The van der Waals surface area contributed by atoms with E-state index in [2.05, 4.69) is 4.99 Å². The highest BCUT2D eigenvalue weighted by molar-refractivity contribution is 7.16. The Hall–Kier alpha value is -2.48. The first kappa shape index (κ1) is 18.3. The number of aromatic nitrogens is 1. The van der Waals surface area contributed by atoms with E-state index in [0.29, 0.717) is 20.4 Å². The fourth-order valence-electron chi connectivity index (χ4n) is 2.35. The summed E-state index contributed by atoms with van der Waals surface area (Å²) < 4.78 is 2.54. The second kappa shape index (κ2) is 7.41. The molecular formula is C17H11Cl2N3O3S. The van der Waals surface area contributed by atoms with Crippen molar-refractivity contribution in [3.8, 4) is 0 Å². The van der Waals surface area contributed by atoms with Gasteiger partial charge in [0.05, 0.1) is 20.2 Å². The predicted molar refractivity (Wildman–Crippen MR) is 104 cm³/mol. The Bertz CT molecular complexity index is 1130. The van der Waals surface area contributed by atoms with Gasteiger partial charge in [0.2, 0.25) is 0 Å². The molecule has 26 heavy (non-hydrogen) atoms. The number of nitrogens with zero attached hydrogens (tertiary/aromatic N) is 3. The maximum absolute atomic E-state index is 12.1. The average molecular weight is 408 g/mol. The predicted octanol–water partition coefficient (Wildman–Crippen LogP) is 4.60. The van der Waals surface area contributed by atoms with Crippen molar-refractivity contribution in [2.24, 2.45) is 12.0 Å². The molecule has 0 N–H and O–H groups in total. The highest BCUT2D eigenvalue weighted by atomic mass is 35.5.